The monoisotopic (exact) mass is 514 g/mol. The Balaban J connectivity index is 1.41. The Kier molecular flexibility index (Phi) is 6.06. The van der Waals surface area contributed by atoms with E-state index in [0.717, 1.165) is 55.5 Å². The van der Waals surface area contributed by atoms with Gasteiger partial charge in [-0.15, -0.1) is 6.58 Å². The van der Waals surface area contributed by atoms with Crippen molar-refractivity contribution in [2.45, 2.75) is 56.2 Å². The number of nitrogens with zero attached hydrogens (tertiary/aromatic N) is 2. The molecule has 2 aliphatic carbocycles. The van der Waals surface area contributed by atoms with E-state index in [4.69, 9.17) is 9.47 Å². The highest BCUT2D eigenvalue weighted by atomic mass is 16.5. The third kappa shape index (κ3) is 3.67. The van der Waals surface area contributed by atoms with Crippen LogP contribution in [0.15, 0.2) is 55.1 Å². The molecule has 38 heavy (non-hydrogen) atoms. The highest BCUT2D eigenvalue weighted by Crippen LogP contribution is 2.65. The molecule has 1 spiro atoms. The lowest BCUT2D eigenvalue weighted by Crippen LogP contribution is -2.68. The lowest BCUT2D eigenvalue weighted by molar-refractivity contribution is -0.135. The first-order valence-corrected chi connectivity index (χ1v) is 13.4. The average Bonchev–Trinajstić information content (AvgIpc) is 3.25. The van der Waals surface area contributed by atoms with Crippen LogP contribution in [0.3, 0.4) is 0 Å². The third-order valence-corrected chi connectivity index (χ3v) is 9.17. The van der Waals surface area contributed by atoms with Crippen molar-refractivity contribution in [3.63, 3.8) is 0 Å². The second kappa shape index (κ2) is 9.31. The van der Waals surface area contributed by atoms with Crippen LogP contribution in [0, 0.1) is 5.92 Å². The summed E-state index contributed by atoms with van der Waals surface area (Å²) in [4.78, 5) is 29.6. The number of amides is 1. The van der Waals surface area contributed by atoms with E-state index in [1.54, 1.807) is 6.08 Å². The predicted octanol–water partition coefficient (Wildman–Crippen LogP) is 4.08. The molecule has 1 saturated carbocycles. The normalized spacial score (nSPS) is 28.9. The zero-order valence-corrected chi connectivity index (χ0v) is 21.9. The van der Waals surface area contributed by atoms with Crippen LogP contribution >= 0.6 is 0 Å². The first-order valence-electron chi connectivity index (χ1n) is 13.4. The largest absolute Gasteiger partial charge is 0.504 e. The number of aromatic hydroxyl groups is 1. The first kappa shape index (κ1) is 24.7. The highest BCUT2D eigenvalue weighted by molar-refractivity contribution is 5.92. The second-order valence-corrected chi connectivity index (χ2v) is 11.0. The minimum Gasteiger partial charge on any atom is -0.504 e. The SMILES string of the molecule is C=CCN1CC[C@]23c4c5c(OC(C)=O)cc(O)c4O[C@H]2[C@H](N(C)C(=O)C=Cc2ccccc2)CC[C@H]3[C@H]1C5. The summed E-state index contributed by atoms with van der Waals surface area (Å²) in [5.41, 5.74) is 2.55. The van der Waals surface area contributed by atoms with Crippen LogP contribution in [0.4, 0.5) is 0 Å². The van der Waals surface area contributed by atoms with Gasteiger partial charge in [0.15, 0.2) is 11.5 Å². The topological polar surface area (TPSA) is 79.3 Å². The molecule has 198 valence electrons. The molecule has 1 N–H and O–H groups in total. The molecule has 2 bridgehead atoms. The zero-order valence-electron chi connectivity index (χ0n) is 21.9. The summed E-state index contributed by atoms with van der Waals surface area (Å²) < 4.78 is 12.3. The maximum Gasteiger partial charge on any atom is 0.308 e. The molecule has 2 fully saturated rings. The molecule has 2 aromatic carbocycles. The number of esters is 1. The number of carbonyl (C=O) groups is 2. The Labute approximate surface area is 223 Å². The van der Waals surface area contributed by atoms with E-state index < -0.39 is 5.97 Å². The fourth-order valence-electron chi connectivity index (χ4n) is 7.70. The molecule has 0 aromatic heterocycles. The Morgan fingerprint density at radius 3 is 2.82 bits per heavy atom. The van der Waals surface area contributed by atoms with Gasteiger partial charge in [-0.05, 0) is 49.8 Å². The standard InChI is InChI=1S/C31H34N2O5/c1-4-15-33-16-14-31-22-11-12-23(32(3)27(36)13-10-20-8-6-5-7-9-20)30(31)38-29-25(35)18-26(37-19(2)34)21(28(29)31)17-24(22)33/h4-10,13,18,22-24,30,35H,1,11-12,14-17H2,2-3H3/t22-,23+,24+,30-,31-/m0/s1. The van der Waals surface area contributed by atoms with E-state index in [0.29, 0.717) is 17.4 Å². The lowest BCUT2D eigenvalue weighted by atomic mass is 9.51. The summed E-state index contributed by atoms with van der Waals surface area (Å²) >= 11 is 0. The number of phenols is 1. The molecule has 7 nitrogen and oxygen atoms in total. The minimum absolute atomic E-state index is 0.00815. The van der Waals surface area contributed by atoms with Crippen LogP contribution in [-0.4, -0.2) is 65.1 Å². The van der Waals surface area contributed by atoms with Crippen molar-refractivity contribution in [3.05, 3.63) is 71.8 Å². The van der Waals surface area contributed by atoms with Crippen molar-refractivity contribution in [1.82, 2.24) is 9.80 Å². The van der Waals surface area contributed by atoms with Crippen LogP contribution in [0.5, 0.6) is 17.2 Å². The fraction of sp³-hybridized carbons (Fsp3) is 0.419. The Hall–Kier alpha value is -3.58. The molecule has 1 saturated heterocycles. The summed E-state index contributed by atoms with van der Waals surface area (Å²) in [6.07, 6.45) is 8.45. The number of carbonyl (C=O) groups excluding carboxylic acids is 2. The number of likely N-dealkylation sites (N-methyl/N-ethyl adjacent to an activating group) is 1. The number of phenolic OH excluding ortho intramolecular Hbond substituents is 1. The Bertz CT molecular complexity index is 1320. The van der Waals surface area contributed by atoms with Crippen molar-refractivity contribution in [2.75, 3.05) is 20.1 Å². The third-order valence-electron chi connectivity index (χ3n) is 9.17. The molecule has 0 unspecified atom stereocenters. The van der Waals surface area contributed by atoms with Crippen molar-refractivity contribution in [3.8, 4) is 17.2 Å². The highest BCUT2D eigenvalue weighted by Gasteiger charge is 2.66. The fourth-order valence-corrected chi connectivity index (χ4v) is 7.70. The number of hydrogen-bond acceptors (Lipinski definition) is 6. The molecular weight excluding hydrogens is 480 g/mol. The smallest absolute Gasteiger partial charge is 0.308 e. The molecular formula is C31H34N2O5. The number of hydrogen-bond donors (Lipinski definition) is 1. The molecule has 2 aliphatic heterocycles. The van der Waals surface area contributed by atoms with E-state index >= 15 is 0 Å². The number of piperidine rings is 1. The Morgan fingerprint density at radius 1 is 1.29 bits per heavy atom. The van der Waals surface area contributed by atoms with Gasteiger partial charge in [-0.2, -0.15) is 0 Å². The maximum absolute atomic E-state index is 13.3. The van der Waals surface area contributed by atoms with E-state index in [9.17, 15) is 14.7 Å². The average molecular weight is 515 g/mol. The predicted molar refractivity (Wildman–Crippen MR) is 144 cm³/mol. The van der Waals surface area contributed by atoms with Crippen molar-refractivity contribution in [1.29, 1.82) is 0 Å². The number of likely N-dealkylation sites (tertiary alicyclic amines) is 1. The van der Waals surface area contributed by atoms with Crippen LogP contribution in [-0.2, 0) is 21.4 Å². The second-order valence-electron chi connectivity index (χ2n) is 11.0. The van der Waals surface area contributed by atoms with Gasteiger partial charge in [0.2, 0.25) is 5.91 Å². The van der Waals surface area contributed by atoms with E-state index in [1.165, 1.54) is 13.0 Å². The molecule has 1 amide bonds. The van der Waals surface area contributed by atoms with Crippen LogP contribution in [0.2, 0.25) is 0 Å². The van der Waals surface area contributed by atoms with Gasteiger partial charge in [0.05, 0.1) is 6.04 Å². The molecule has 0 radical (unpaired) electrons. The number of ether oxygens (including phenoxy) is 2. The first-order chi connectivity index (χ1) is 18.3. The zero-order chi connectivity index (χ0) is 26.6. The van der Waals surface area contributed by atoms with Gasteiger partial charge >= 0.3 is 5.97 Å². The van der Waals surface area contributed by atoms with E-state index in [2.05, 4.69) is 11.5 Å². The van der Waals surface area contributed by atoms with Gasteiger partial charge in [0, 0.05) is 55.2 Å². The summed E-state index contributed by atoms with van der Waals surface area (Å²) in [6, 6.07) is 11.4. The molecule has 7 heteroatoms. The van der Waals surface area contributed by atoms with Gasteiger partial charge in [-0.25, -0.2) is 0 Å². The minimum atomic E-state index is -0.416. The van der Waals surface area contributed by atoms with Gasteiger partial charge < -0.3 is 19.5 Å². The quantitative estimate of drug-likeness (QED) is 0.271. The van der Waals surface area contributed by atoms with E-state index in [1.807, 2.05) is 54.4 Å². The summed E-state index contributed by atoms with van der Waals surface area (Å²) in [5, 5.41) is 11.0. The van der Waals surface area contributed by atoms with Crippen LogP contribution in [0.25, 0.3) is 6.08 Å². The van der Waals surface area contributed by atoms with Crippen LogP contribution in [0.1, 0.15) is 42.9 Å². The number of benzene rings is 2. The molecule has 2 aromatic rings. The Morgan fingerprint density at radius 2 is 2.08 bits per heavy atom. The summed E-state index contributed by atoms with van der Waals surface area (Å²) in [5.74, 6) is 0.719. The van der Waals surface area contributed by atoms with Crippen LogP contribution < -0.4 is 9.47 Å². The van der Waals surface area contributed by atoms with Crippen molar-refractivity contribution < 1.29 is 24.2 Å². The molecule has 4 aliphatic rings. The molecule has 5 atom stereocenters. The molecule has 2 heterocycles. The van der Waals surface area contributed by atoms with Gasteiger partial charge in [0.1, 0.15) is 11.9 Å². The molecule has 6 rings (SSSR count). The summed E-state index contributed by atoms with van der Waals surface area (Å²) in [6.45, 7) is 7.02. The van der Waals surface area contributed by atoms with Gasteiger partial charge in [-0.1, -0.05) is 36.4 Å². The number of rotatable bonds is 6. The van der Waals surface area contributed by atoms with Gasteiger partial charge in [-0.3, -0.25) is 14.5 Å². The lowest BCUT2D eigenvalue weighted by Gasteiger charge is -2.60. The summed E-state index contributed by atoms with van der Waals surface area (Å²) in [7, 11) is 1.85. The maximum atomic E-state index is 13.3. The van der Waals surface area contributed by atoms with Crippen molar-refractivity contribution in [2.24, 2.45) is 5.92 Å². The van der Waals surface area contributed by atoms with E-state index in [-0.39, 0.29) is 35.3 Å². The van der Waals surface area contributed by atoms with Gasteiger partial charge in [0.25, 0.3) is 0 Å². The van der Waals surface area contributed by atoms with Crippen molar-refractivity contribution >= 4 is 18.0 Å².